The summed E-state index contributed by atoms with van der Waals surface area (Å²) in [5, 5.41) is 4.78. The number of rotatable bonds is 6. The summed E-state index contributed by atoms with van der Waals surface area (Å²) in [6.45, 7) is 0.895. The lowest BCUT2D eigenvalue weighted by atomic mass is 10.3. The lowest BCUT2D eigenvalue weighted by molar-refractivity contribution is 0.142. The van der Waals surface area contributed by atoms with E-state index < -0.39 is 10.0 Å². The van der Waals surface area contributed by atoms with Gasteiger partial charge in [0.2, 0.25) is 10.0 Å². The molecular formula is C7H15NO3S. The molecule has 1 saturated carbocycles. The Labute approximate surface area is 73.1 Å². The average Bonchev–Trinajstić information content (AvgIpc) is 2.68. The summed E-state index contributed by atoms with van der Waals surface area (Å²) in [6.07, 6.45) is 3.67. The summed E-state index contributed by atoms with van der Waals surface area (Å²) in [7, 11) is -3.33. The van der Waals surface area contributed by atoms with Crippen molar-refractivity contribution in [1.29, 1.82) is 0 Å². The predicted octanol–water partition coefficient (Wildman–Crippen LogP) is 0.0916. The van der Waals surface area contributed by atoms with Crippen LogP contribution in [0.5, 0.6) is 0 Å². The molecule has 0 aromatic rings. The summed E-state index contributed by atoms with van der Waals surface area (Å²) < 4.78 is 26.0. The molecule has 0 aliphatic heterocycles. The van der Waals surface area contributed by atoms with Crippen LogP contribution in [0.3, 0.4) is 0 Å². The smallest absolute Gasteiger partial charge is 0.211 e. The second kappa shape index (κ2) is 4.20. The van der Waals surface area contributed by atoms with E-state index in [-0.39, 0.29) is 12.4 Å². The molecule has 0 heterocycles. The minimum atomic E-state index is -3.33. The van der Waals surface area contributed by atoms with Gasteiger partial charge in [-0.3, -0.25) is 0 Å². The SMILES string of the molecule is NS(=O)(=O)CCOCCC1CC1. The van der Waals surface area contributed by atoms with Crippen LogP contribution in [0.15, 0.2) is 0 Å². The van der Waals surface area contributed by atoms with Crippen LogP contribution in [0.25, 0.3) is 0 Å². The molecule has 0 amide bonds. The van der Waals surface area contributed by atoms with E-state index in [9.17, 15) is 8.42 Å². The van der Waals surface area contributed by atoms with Crippen molar-refractivity contribution in [2.24, 2.45) is 11.1 Å². The first-order valence-electron chi connectivity index (χ1n) is 4.16. The van der Waals surface area contributed by atoms with Crippen molar-refractivity contribution in [3.05, 3.63) is 0 Å². The Bertz CT molecular complexity index is 221. The van der Waals surface area contributed by atoms with Gasteiger partial charge >= 0.3 is 0 Å². The molecule has 0 radical (unpaired) electrons. The molecule has 72 valence electrons. The number of nitrogens with two attached hydrogens (primary N) is 1. The fraction of sp³-hybridized carbons (Fsp3) is 1.00. The first-order chi connectivity index (χ1) is 5.58. The number of primary sulfonamides is 1. The van der Waals surface area contributed by atoms with E-state index in [1.165, 1.54) is 12.8 Å². The van der Waals surface area contributed by atoms with Gasteiger partial charge in [-0.1, -0.05) is 12.8 Å². The van der Waals surface area contributed by atoms with Crippen molar-refractivity contribution in [2.75, 3.05) is 19.0 Å². The second-order valence-corrected chi connectivity index (χ2v) is 4.95. The fourth-order valence-corrected chi connectivity index (χ4v) is 1.28. The van der Waals surface area contributed by atoms with Crippen molar-refractivity contribution in [1.82, 2.24) is 0 Å². The van der Waals surface area contributed by atoms with Crippen LogP contribution in [0.2, 0.25) is 0 Å². The largest absolute Gasteiger partial charge is 0.380 e. The van der Waals surface area contributed by atoms with Crippen molar-refractivity contribution < 1.29 is 13.2 Å². The van der Waals surface area contributed by atoms with E-state index in [4.69, 9.17) is 9.88 Å². The van der Waals surface area contributed by atoms with Gasteiger partial charge in [-0.25, -0.2) is 13.6 Å². The Morgan fingerprint density at radius 1 is 1.33 bits per heavy atom. The molecule has 0 aromatic carbocycles. The molecule has 1 aliphatic carbocycles. The first kappa shape index (κ1) is 9.95. The number of hydrogen-bond acceptors (Lipinski definition) is 3. The van der Waals surface area contributed by atoms with E-state index in [2.05, 4.69) is 0 Å². The summed E-state index contributed by atoms with van der Waals surface area (Å²) in [6, 6.07) is 0. The maximum atomic E-state index is 10.4. The molecule has 5 heteroatoms. The van der Waals surface area contributed by atoms with Crippen LogP contribution in [-0.4, -0.2) is 27.4 Å². The van der Waals surface area contributed by atoms with Crippen molar-refractivity contribution in [2.45, 2.75) is 19.3 Å². The second-order valence-electron chi connectivity index (χ2n) is 3.21. The van der Waals surface area contributed by atoms with Gasteiger partial charge in [-0.2, -0.15) is 0 Å². The molecule has 1 fully saturated rings. The molecule has 4 nitrogen and oxygen atoms in total. The van der Waals surface area contributed by atoms with E-state index in [0.29, 0.717) is 6.61 Å². The third-order valence-corrected chi connectivity index (χ3v) is 2.62. The zero-order chi connectivity index (χ0) is 9.03. The highest BCUT2D eigenvalue weighted by Gasteiger charge is 2.20. The Balaban J connectivity index is 1.88. The molecule has 0 atom stereocenters. The van der Waals surface area contributed by atoms with Gasteiger partial charge in [0.25, 0.3) is 0 Å². The van der Waals surface area contributed by atoms with Crippen LogP contribution >= 0.6 is 0 Å². The lowest BCUT2D eigenvalue weighted by Gasteiger charge is -2.01. The van der Waals surface area contributed by atoms with Crippen LogP contribution in [0.4, 0.5) is 0 Å². The van der Waals surface area contributed by atoms with Crippen molar-refractivity contribution >= 4 is 10.0 Å². The van der Waals surface area contributed by atoms with Gasteiger partial charge < -0.3 is 4.74 Å². The standard InChI is InChI=1S/C7H15NO3S/c8-12(9,10)6-5-11-4-3-7-1-2-7/h7H,1-6H2,(H2,8,9,10). The summed E-state index contributed by atoms with van der Waals surface area (Å²) in [4.78, 5) is 0. The molecule has 0 aromatic heterocycles. The minimum Gasteiger partial charge on any atom is -0.380 e. The Morgan fingerprint density at radius 3 is 2.50 bits per heavy atom. The highest BCUT2D eigenvalue weighted by Crippen LogP contribution is 2.31. The quantitative estimate of drug-likeness (QED) is 0.608. The number of ether oxygens (including phenoxy) is 1. The Kier molecular flexibility index (Phi) is 3.49. The summed E-state index contributed by atoms with van der Waals surface area (Å²) >= 11 is 0. The van der Waals surface area contributed by atoms with Crippen LogP contribution in [0.1, 0.15) is 19.3 Å². The molecule has 2 N–H and O–H groups in total. The van der Waals surface area contributed by atoms with Gasteiger partial charge in [0, 0.05) is 6.61 Å². The lowest BCUT2D eigenvalue weighted by Crippen LogP contribution is -2.20. The monoisotopic (exact) mass is 193 g/mol. The van der Waals surface area contributed by atoms with E-state index in [1.54, 1.807) is 0 Å². The fourth-order valence-electron chi connectivity index (χ4n) is 0.934. The topological polar surface area (TPSA) is 69.4 Å². The third-order valence-electron chi connectivity index (χ3n) is 1.88. The highest BCUT2D eigenvalue weighted by atomic mass is 32.2. The molecule has 0 spiro atoms. The van der Waals surface area contributed by atoms with Gasteiger partial charge in [0.1, 0.15) is 0 Å². The van der Waals surface area contributed by atoms with Crippen molar-refractivity contribution in [3.8, 4) is 0 Å². The molecule has 1 rings (SSSR count). The molecule has 0 unspecified atom stereocenters. The maximum absolute atomic E-state index is 10.4. The first-order valence-corrected chi connectivity index (χ1v) is 5.88. The Morgan fingerprint density at radius 2 is 2.00 bits per heavy atom. The van der Waals surface area contributed by atoms with Gasteiger partial charge in [-0.15, -0.1) is 0 Å². The van der Waals surface area contributed by atoms with Gasteiger partial charge in [0.05, 0.1) is 12.4 Å². The van der Waals surface area contributed by atoms with Crippen LogP contribution in [0, 0.1) is 5.92 Å². The number of sulfonamides is 1. The molecule has 0 saturated heterocycles. The summed E-state index contributed by atoms with van der Waals surface area (Å²) in [5.74, 6) is 0.761. The van der Waals surface area contributed by atoms with E-state index >= 15 is 0 Å². The maximum Gasteiger partial charge on any atom is 0.211 e. The minimum absolute atomic E-state index is 0.0718. The zero-order valence-corrected chi connectivity index (χ0v) is 7.85. The molecule has 1 aliphatic rings. The average molecular weight is 193 g/mol. The predicted molar refractivity (Wildman–Crippen MR) is 46.1 cm³/mol. The highest BCUT2D eigenvalue weighted by molar-refractivity contribution is 7.89. The van der Waals surface area contributed by atoms with Crippen molar-refractivity contribution in [3.63, 3.8) is 0 Å². The zero-order valence-electron chi connectivity index (χ0n) is 7.03. The summed E-state index contributed by atoms with van der Waals surface area (Å²) in [5.41, 5.74) is 0. The van der Waals surface area contributed by atoms with Gasteiger partial charge in [-0.05, 0) is 12.3 Å². The van der Waals surface area contributed by atoms with E-state index in [0.717, 1.165) is 12.3 Å². The Hall–Kier alpha value is -0.130. The van der Waals surface area contributed by atoms with Crippen LogP contribution < -0.4 is 5.14 Å². The van der Waals surface area contributed by atoms with E-state index in [1.807, 2.05) is 0 Å². The third kappa shape index (κ3) is 5.51. The van der Waals surface area contributed by atoms with Gasteiger partial charge in [0.15, 0.2) is 0 Å². The number of hydrogen-bond donors (Lipinski definition) is 1. The molecular weight excluding hydrogens is 178 g/mol. The normalized spacial score (nSPS) is 18.1. The molecule has 12 heavy (non-hydrogen) atoms. The molecule has 0 bridgehead atoms. The van der Waals surface area contributed by atoms with Crippen LogP contribution in [-0.2, 0) is 14.8 Å².